The molecule has 0 saturated carbocycles. The third kappa shape index (κ3) is 5.11. The van der Waals surface area contributed by atoms with Crippen LogP contribution in [0.2, 0.25) is 0 Å². The zero-order valence-corrected chi connectivity index (χ0v) is 15.5. The second-order valence-corrected chi connectivity index (χ2v) is 6.45. The first kappa shape index (κ1) is 19.5. The maximum Gasteiger partial charge on any atom is 0.193 e. The van der Waals surface area contributed by atoms with Gasteiger partial charge in [-0.05, 0) is 55.2 Å². The minimum atomic E-state index is -0.135. The van der Waals surface area contributed by atoms with Crippen molar-refractivity contribution in [3.63, 3.8) is 0 Å². The van der Waals surface area contributed by atoms with E-state index in [-0.39, 0.29) is 23.8 Å². The zero-order valence-electron chi connectivity index (χ0n) is 15.5. The van der Waals surface area contributed by atoms with E-state index >= 15 is 0 Å². The molecule has 28 heavy (non-hydrogen) atoms. The van der Waals surface area contributed by atoms with E-state index in [1.54, 1.807) is 18.2 Å². The molecule has 142 valence electrons. The molecule has 0 heterocycles. The summed E-state index contributed by atoms with van der Waals surface area (Å²) in [6, 6.07) is 21.2. The van der Waals surface area contributed by atoms with Crippen LogP contribution in [0.3, 0.4) is 0 Å². The molecule has 0 saturated heterocycles. The number of aryl methyl sites for hydroxylation is 1. The van der Waals surface area contributed by atoms with Crippen molar-refractivity contribution in [2.45, 2.75) is 19.3 Å². The number of aromatic hydroxyl groups is 1. The topological polar surface area (TPSA) is 82.2 Å². The summed E-state index contributed by atoms with van der Waals surface area (Å²) in [5.41, 5.74) is 3.09. The van der Waals surface area contributed by atoms with Gasteiger partial charge in [0.05, 0.1) is 5.69 Å². The summed E-state index contributed by atoms with van der Waals surface area (Å²) in [5, 5.41) is 27.2. The van der Waals surface area contributed by atoms with Gasteiger partial charge in [-0.1, -0.05) is 42.5 Å². The summed E-state index contributed by atoms with van der Waals surface area (Å²) in [4.78, 5) is 12.6. The highest BCUT2D eigenvalue weighted by atomic mass is 16.3. The molecule has 0 atom stereocenters. The predicted molar refractivity (Wildman–Crippen MR) is 109 cm³/mol. The van der Waals surface area contributed by atoms with Gasteiger partial charge in [0.25, 0.3) is 0 Å². The number of hydrogen-bond donors (Lipinski definition) is 2. The molecule has 0 aromatic heterocycles. The molecule has 3 rings (SSSR count). The van der Waals surface area contributed by atoms with Crippen LogP contribution in [0.5, 0.6) is 5.75 Å². The molecule has 3 aromatic carbocycles. The van der Waals surface area contributed by atoms with Crippen LogP contribution < -0.4 is 0 Å². The Morgan fingerprint density at radius 3 is 2.29 bits per heavy atom. The summed E-state index contributed by atoms with van der Waals surface area (Å²) < 4.78 is 0. The lowest BCUT2D eigenvalue weighted by Crippen LogP contribution is -2.00. The van der Waals surface area contributed by atoms with E-state index in [4.69, 9.17) is 5.11 Å². The molecule has 0 fully saturated rings. The summed E-state index contributed by atoms with van der Waals surface area (Å²) in [6.45, 7) is 0.210. The average molecular weight is 374 g/mol. The third-order valence-corrected chi connectivity index (χ3v) is 4.36. The maximum atomic E-state index is 12.6. The van der Waals surface area contributed by atoms with Crippen molar-refractivity contribution in [2.24, 2.45) is 10.2 Å². The molecular weight excluding hydrogens is 352 g/mol. The Labute approximate surface area is 164 Å². The number of ketones is 1. The van der Waals surface area contributed by atoms with Gasteiger partial charge < -0.3 is 10.2 Å². The van der Waals surface area contributed by atoms with Gasteiger partial charge in [0.2, 0.25) is 0 Å². The molecule has 0 unspecified atom stereocenters. The number of nitrogens with zero attached hydrogens (tertiary/aromatic N) is 2. The van der Waals surface area contributed by atoms with E-state index in [9.17, 15) is 9.90 Å². The lowest BCUT2D eigenvalue weighted by Gasteiger charge is -2.04. The number of rotatable bonds is 8. The number of unbranched alkanes of at least 4 members (excludes halogenated alkanes) is 1. The van der Waals surface area contributed by atoms with Crippen LogP contribution in [0.4, 0.5) is 11.4 Å². The minimum Gasteiger partial charge on any atom is -0.506 e. The first-order valence-electron chi connectivity index (χ1n) is 9.21. The van der Waals surface area contributed by atoms with Gasteiger partial charge in [0.15, 0.2) is 5.78 Å². The molecule has 0 aliphatic carbocycles. The van der Waals surface area contributed by atoms with E-state index in [0.29, 0.717) is 16.8 Å². The van der Waals surface area contributed by atoms with Crippen molar-refractivity contribution in [3.8, 4) is 5.75 Å². The zero-order chi connectivity index (χ0) is 19.8. The van der Waals surface area contributed by atoms with E-state index in [0.717, 1.165) is 19.3 Å². The fraction of sp³-hybridized carbons (Fsp3) is 0.174. The Hall–Kier alpha value is -3.31. The monoisotopic (exact) mass is 374 g/mol. The van der Waals surface area contributed by atoms with Gasteiger partial charge >= 0.3 is 0 Å². The van der Waals surface area contributed by atoms with Crippen LogP contribution in [0.1, 0.15) is 34.3 Å². The van der Waals surface area contributed by atoms with Crippen LogP contribution in [-0.2, 0) is 6.42 Å². The molecule has 5 nitrogen and oxygen atoms in total. The van der Waals surface area contributed by atoms with Crippen molar-refractivity contribution in [2.75, 3.05) is 6.61 Å². The van der Waals surface area contributed by atoms with E-state index in [2.05, 4.69) is 10.2 Å². The second kappa shape index (κ2) is 9.58. The Bertz CT molecular complexity index is 951. The van der Waals surface area contributed by atoms with E-state index < -0.39 is 0 Å². The first-order valence-corrected chi connectivity index (χ1v) is 9.21. The standard InChI is InChI=1S/C23H22N2O3/c26-15-5-4-6-17-9-12-20(13-10-17)24-25-21-16-19(11-14-22(21)27)23(28)18-7-2-1-3-8-18/h1-3,7-14,16,26-27H,4-6,15H2. The average Bonchev–Trinajstić information content (AvgIpc) is 2.74. The van der Waals surface area contributed by atoms with E-state index in [1.165, 1.54) is 17.7 Å². The second-order valence-electron chi connectivity index (χ2n) is 6.45. The third-order valence-electron chi connectivity index (χ3n) is 4.36. The Balaban J connectivity index is 1.74. The largest absolute Gasteiger partial charge is 0.506 e. The summed E-state index contributed by atoms with van der Waals surface area (Å²) >= 11 is 0. The van der Waals surface area contributed by atoms with Gasteiger partial charge in [-0.3, -0.25) is 4.79 Å². The van der Waals surface area contributed by atoms with Crippen LogP contribution in [0.15, 0.2) is 83.0 Å². The van der Waals surface area contributed by atoms with Crippen molar-refractivity contribution in [1.82, 2.24) is 0 Å². The van der Waals surface area contributed by atoms with Gasteiger partial charge in [-0.25, -0.2) is 0 Å². The van der Waals surface area contributed by atoms with Crippen LogP contribution in [0, 0.1) is 0 Å². The lowest BCUT2D eigenvalue weighted by atomic mass is 10.0. The van der Waals surface area contributed by atoms with Crippen LogP contribution in [-0.4, -0.2) is 22.6 Å². The molecule has 2 N–H and O–H groups in total. The molecule has 0 amide bonds. The highest BCUT2D eigenvalue weighted by Crippen LogP contribution is 2.30. The van der Waals surface area contributed by atoms with Crippen molar-refractivity contribution in [3.05, 3.63) is 89.5 Å². The smallest absolute Gasteiger partial charge is 0.193 e. The van der Waals surface area contributed by atoms with Gasteiger partial charge in [0.1, 0.15) is 11.4 Å². The van der Waals surface area contributed by atoms with E-state index in [1.807, 2.05) is 42.5 Å². The van der Waals surface area contributed by atoms with Gasteiger partial charge in [0, 0.05) is 17.7 Å². The molecule has 0 bridgehead atoms. The normalized spacial score (nSPS) is 11.0. The Morgan fingerprint density at radius 2 is 1.57 bits per heavy atom. The molecule has 0 aliphatic rings. The number of benzene rings is 3. The number of carbonyl (C=O) groups excluding carboxylic acids is 1. The highest BCUT2D eigenvalue weighted by molar-refractivity contribution is 6.09. The molecular formula is C23H22N2O3. The SMILES string of the molecule is O=C(c1ccccc1)c1ccc(O)c(N=Nc2ccc(CCCCO)cc2)c1. The lowest BCUT2D eigenvalue weighted by molar-refractivity contribution is 0.103. The van der Waals surface area contributed by atoms with Crippen molar-refractivity contribution < 1.29 is 15.0 Å². The fourth-order valence-electron chi connectivity index (χ4n) is 2.78. The van der Waals surface area contributed by atoms with Crippen LogP contribution in [0.25, 0.3) is 0 Å². The molecule has 5 heteroatoms. The fourth-order valence-corrected chi connectivity index (χ4v) is 2.78. The van der Waals surface area contributed by atoms with Crippen molar-refractivity contribution >= 4 is 17.2 Å². The van der Waals surface area contributed by atoms with Gasteiger partial charge in [-0.15, -0.1) is 5.11 Å². The summed E-state index contributed by atoms with van der Waals surface area (Å²) in [6.07, 6.45) is 2.63. The number of carbonyl (C=O) groups is 1. The number of phenols is 1. The summed E-state index contributed by atoms with van der Waals surface area (Å²) in [5.74, 6) is -0.168. The minimum absolute atomic E-state index is 0.0333. The Kier molecular flexibility index (Phi) is 6.65. The first-order chi connectivity index (χ1) is 13.7. The van der Waals surface area contributed by atoms with Crippen LogP contribution >= 0.6 is 0 Å². The molecule has 0 spiro atoms. The van der Waals surface area contributed by atoms with Crippen molar-refractivity contribution in [1.29, 1.82) is 0 Å². The number of aliphatic hydroxyl groups is 1. The number of phenolic OH excluding ortho intramolecular Hbond substituents is 1. The molecule has 0 radical (unpaired) electrons. The number of azo groups is 1. The number of aliphatic hydroxyl groups excluding tert-OH is 1. The maximum absolute atomic E-state index is 12.6. The molecule has 3 aromatic rings. The highest BCUT2D eigenvalue weighted by Gasteiger charge is 2.11. The predicted octanol–water partition coefficient (Wildman–Crippen LogP) is 5.35. The summed E-state index contributed by atoms with van der Waals surface area (Å²) in [7, 11) is 0. The number of hydrogen-bond acceptors (Lipinski definition) is 5. The quantitative estimate of drug-likeness (QED) is 0.317. The van der Waals surface area contributed by atoms with Gasteiger partial charge in [-0.2, -0.15) is 5.11 Å². The Morgan fingerprint density at radius 1 is 0.821 bits per heavy atom. The molecule has 0 aliphatic heterocycles.